The van der Waals surface area contributed by atoms with Gasteiger partial charge in [-0.3, -0.25) is 4.79 Å². The molecule has 2 atom stereocenters. The van der Waals surface area contributed by atoms with Crippen molar-refractivity contribution in [3.05, 3.63) is 35.4 Å². The van der Waals surface area contributed by atoms with E-state index in [-0.39, 0.29) is 11.9 Å². The lowest BCUT2D eigenvalue weighted by Gasteiger charge is -2.29. The summed E-state index contributed by atoms with van der Waals surface area (Å²) in [6, 6.07) is 9.07. The molecule has 0 radical (unpaired) electrons. The topological polar surface area (TPSA) is 70.1 Å². The number of hydrogen-bond acceptors (Lipinski definition) is 3. The Morgan fingerprint density at radius 2 is 2.11 bits per heavy atom. The van der Waals surface area contributed by atoms with Crippen molar-refractivity contribution >= 4 is 5.91 Å². The third kappa shape index (κ3) is 2.77. The molecule has 1 amide bonds. The number of carbonyl (C=O) groups excluding carboxylic acids is 1. The molecule has 4 nitrogen and oxygen atoms in total. The number of benzene rings is 1. The minimum Gasteiger partial charge on any atom is -0.338 e. The lowest BCUT2D eigenvalue weighted by molar-refractivity contribution is 0.0700. The lowest BCUT2D eigenvalue weighted by Crippen LogP contribution is -2.41. The molecule has 1 aromatic carbocycles. The Kier molecular flexibility index (Phi) is 4.18. The average Bonchev–Trinajstić information content (AvgIpc) is 2.94. The van der Waals surface area contributed by atoms with Crippen LogP contribution in [0.15, 0.2) is 24.3 Å². The minimum absolute atomic E-state index is 0.00911. The van der Waals surface area contributed by atoms with Crippen LogP contribution in [0.4, 0.5) is 0 Å². The Labute approximate surface area is 113 Å². The Balaban J connectivity index is 2.12. The lowest BCUT2D eigenvalue weighted by atomic mass is 10.0. The number of rotatable bonds is 3. The summed E-state index contributed by atoms with van der Waals surface area (Å²) in [4.78, 5) is 14.2. The first-order valence-electron chi connectivity index (χ1n) is 6.64. The van der Waals surface area contributed by atoms with Gasteiger partial charge in [0.05, 0.1) is 11.6 Å². The molecule has 0 heterocycles. The van der Waals surface area contributed by atoms with Crippen molar-refractivity contribution in [1.82, 2.24) is 4.90 Å². The van der Waals surface area contributed by atoms with Crippen molar-refractivity contribution in [3.8, 4) is 6.07 Å². The van der Waals surface area contributed by atoms with Gasteiger partial charge in [-0.15, -0.1) is 0 Å². The zero-order valence-electron chi connectivity index (χ0n) is 11.2. The van der Waals surface area contributed by atoms with Gasteiger partial charge in [0, 0.05) is 18.7 Å². The van der Waals surface area contributed by atoms with Gasteiger partial charge in [-0.1, -0.05) is 6.42 Å². The number of nitrogens with zero attached hydrogens (tertiary/aromatic N) is 2. The molecule has 2 rings (SSSR count). The smallest absolute Gasteiger partial charge is 0.253 e. The van der Waals surface area contributed by atoms with Gasteiger partial charge < -0.3 is 10.6 Å². The largest absolute Gasteiger partial charge is 0.338 e. The van der Waals surface area contributed by atoms with Crippen molar-refractivity contribution in [1.29, 1.82) is 5.26 Å². The number of hydrogen-bond donors (Lipinski definition) is 1. The Hall–Kier alpha value is -1.86. The van der Waals surface area contributed by atoms with Crippen LogP contribution in [0, 0.1) is 17.2 Å². The fourth-order valence-electron chi connectivity index (χ4n) is 2.84. The SMILES string of the molecule is CN(C(=O)c1ccc(C#N)cc1)C1CCCC1CN. The molecule has 1 fully saturated rings. The summed E-state index contributed by atoms with van der Waals surface area (Å²) in [7, 11) is 1.85. The molecule has 2 N–H and O–H groups in total. The molecule has 1 aromatic rings. The first-order valence-corrected chi connectivity index (χ1v) is 6.64. The Morgan fingerprint density at radius 1 is 1.42 bits per heavy atom. The highest BCUT2D eigenvalue weighted by Gasteiger charge is 2.31. The van der Waals surface area contributed by atoms with Crippen LogP contribution in [0.1, 0.15) is 35.2 Å². The highest BCUT2D eigenvalue weighted by atomic mass is 16.2. The van der Waals surface area contributed by atoms with Gasteiger partial charge in [-0.05, 0) is 49.6 Å². The van der Waals surface area contributed by atoms with Gasteiger partial charge in [-0.25, -0.2) is 0 Å². The quantitative estimate of drug-likeness (QED) is 0.897. The Morgan fingerprint density at radius 3 is 2.68 bits per heavy atom. The number of amides is 1. The highest BCUT2D eigenvalue weighted by molar-refractivity contribution is 5.94. The summed E-state index contributed by atoms with van der Waals surface area (Å²) >= 11 is 0. The molecule has 0 saturated heterocycles. The van der Waals surface area contributed by atoms with E-state index in [0.29, 0.717) is 23.6 Å². The van der Waals surface area contributed by atoms with Crippen LogP contribution in [0.3, 0.4) is 0 Å². The maximum atomic E-state index is 12.4. The number of carbonyl (C=O) groups is 1. The molecule has 0 spiro atoms. The van der Waals surface area contributed by atoms with Crippen molar-refractivity contribution in [2.45, 2.75) is 25.3 Å². The molecule has 19 heavy (non-hydrogen) atoms. The maximum Gasteiger partial charge on any atom is 0.253 e. The van der Waals surface area contributed by atoms with Crippen LogP contribution >= 0.6 is 0 Å². The van der Waals surface area contributed by atoms with Crippen molar-refractivity contribution in [2.24, 2.45) is 11.7 Å². The minimum atomic E-state index is 0.00911. The van der Waals surface area contributed by atoms with Crippen molar-refractivity contribution in [2.75, 3.05) is 13.6 Å². The zero-order chi connectivity index (χ0) is 13.8. The van der Waals surface area contributed by atoms with Gasteiger partial charge in [0.15, 0.2) is 0 Å². The van der Waals surface area contributed by atoms with Crippen LogP contribution in [0.25, 0.3) is 0 Å². The molecule has 2 unspecified atom stereocenters. The molecular weight excluding hydrogens is 238 g/mol. The molecule has 0 bridgehead atoms. The van der Waals surface area contributed by atoms with Gasteiger partial charge in [0.1, 0.15) is 0 Å². The monoisotopic (exact) mass is 257 g/mol. The van der Waals surface area contributed by atoms with E-state index < -0.39 is 0 Å². The molecule has 100 valence electrons. The van der Waals surface area contributed by atoms with Crippen LogP contribution in [0.5, 0.6) is 0 Å². The van der Waals surface area contributed by atoms with Crippen LogP contribution in [-0.2, 0) is 0 Å². The van der Waals surface area contributed by atoms with Crippen LogP contribution in [-0.4, -0.2) is 30.4 Å². The average molecular weight is 257 g/mol. The number of nitriles is 1. The summed E-state index contributed by atoms with van der Waals surface area (Å²) < 4.78 is 0. The second-order valence-electron chi connectivity index (χ2n) is 5.10. The van der Waals surface area contributed by atoms with E-state index in [1.165, 1.54) is 0 Å². The predicted octanol–water partition coefficient (Wildman–Crippen LogP) is 1.76. The highest BCUT2D eigenvalue weighted by Crippen LogP contribution is 2.29. The molecule has 1 aliphatic rings. The second-order valence-corrected chi connectivity index (χ2v) is 5.10. The van der Waals surface area contributed by atoms with E-state index in [1.54, 1.807) is 24.3 Å². The van der Waals surface area contributed by atoms with Gasteiger partial charge in [0.2, 0.25) is 0 Å². The van der Waals surface area contributed by atoms with Crippen molar-refractivity contribution in [3.63, 3.8) is 0 Å². The molecule has 4 heteroatoms. The first kappa shape index (κ1) is 13.6. The van der Waals surface area contributed by atoms with Gasteiger partial charge in [0.25, 0.3) is 5.91 Å². The predicted molar refractivity (Wildman–Crippen MR) is 73.4 cm³/mol. The third-order valence-electron chi connectivity index (χ3n) is 4.00. The second kappa shape index (κ2) is 5.85. The van der Waals surface area contributed by atoms with Gasteiger partial charge >= 0.3 is 0 Å². The standard InChI is InChI=1S/C15H19N3O/c1-18(14-4-2-3-13(14)10-17)15(19)12-7-5-11(9-16)6-8-12/h5-8,13-14H,2-4,10,17H2,1H3. The van der Waals surface area contributed by atoms with E-state index in [0.717, 1.165) is 19.3 Å². The summed E-state index contributed by atoms with van der Waals surface area (Å²) in [6.45, 7) is 0.635. The van der Waals surface area contributed by atoms with Crippen molar-refractivity contribution < 1.29 is 4.79 Å². The van der Waals surface area contributed by atoms with Crippen LogP contribution < -0.4 is 5.73 Å². The van der Waals surface area contributed by atoms with E-state index in [9.17, 15) is 4.79 Å². The Bertz CT molecular complexity index is 489. The summed E-state index contributed by atoms with van der Waals surface area (Å²) in [5.74, 6) is 0.419. The molecular formula is C15H19N3O. The van der Waals surface area contributed by atoms with E-state index in [1.807, 2.05) is 11.9 Å². The fraction of sp³-hybridized carbons (Fsp3) is 0.467. The summed E-state index contributed by atoms with van der Waals surface area (Å²) in [5, 5.41) is 8.76. The fourth-order valence-corrected chi connectivity index (χ4v) is 2.84. The maximum absolute atomic E-state index is 12.4. The number of nitrogens with two attached hydrogens (primary N) is 1. The summed E-state index contributed by atoms with van der Waals surface area (Å²) in [6.07, 6.45) is 3.27. The molecule has 0 aromatic heterocycles. The molecule has 0 aliphatic heterocycles. The van der Waals surface area contributed by atoms with E-state index >= 15 is 0 Å². The van der Waals surface area contributed by atoms with E-state index in [4.69, 9.17) is 11.0 Å². The zero-order valence-corrected chi connectivity index (χ0v) is 11.2. The van der Waals surface area contributed by atoms with Gasteiger partial charge in [-0.2, -0.15) is 5.26 Å². The summed E-state index contributed by atoms with van der Waals surface area (Å²) in [5.41, 5.74) is 6.96. The first-order chi connectivity index (χ1) is 9.17. The van der Waals surface area contributed by atoms with E-state index in [2.05, 4.69) is 6.07 Å². The third-order valence-corrected chi connectivity index (χ3v) is 4.00. The molecule has 1 saturated carbocycles. The molecule has 1 aliphatic carbocycles. The van der Waals surface area contributed by atoms with Crippen LogP contribution in [0.2, 0.25) is 0 Å². The normalized spacial score (nSPS) is 21.9.